The molecule has 1 spiro atoms. The minimum absolute atomic E-state index is 0.0561. The zero-order valence-corrected chi connectivity index (χ0v) is 16.9. The molecule has 5 nitrogen and oxygen atoms in total. The maximum absolute atomic E-state index is 13.6. The van der Waals surface area contributed by atoms with Gasteiger partial charge in [-0.3, -0.25) is 9.59 Å². The second kappa shape index (κ2) is 7.51. The fraction of sp³-hybridized carbons (Fsp3) is 0.417. The number of aryl methyl sites for hydroxylation is 1. The zero-order valence-electron chi connectivity index (χ0n) is 16.9. The Morgan fingerprint density at radius 2 is 1.83 bits per heavy atom. The number of rotatable bonds is 3. The van der Waals surface area contributed by atoms with Gasteiger partial charge in [0, 0.05) is 36.8 Å². The fourth-order valence-corrected chi connectivity index (χ4v) is 5.30. The summed E-state index contributed by atoms with van der Waals surface area (Å²) in [4.78, 5) is 30.2. The molecule has 1 atom stereocenters. The van der Waals surface area contributed by atoms with Crippen molar-refractivity contribution in [2.75, 3.05) is 31.2 Å². The Hall–Kier alpha value is -2.73. The van der Waals surface area contributed by atoms with Crippen LogP contribution in [0.25, 0.3) is 0 Å². The third kappa shape index (κ3) is 3.19. The third-order valence-electron chi connectivity index (χ3n) is 7.04. The molecule has 2 saturated heterocycles. The van der Waals surface area contributed by atoms with E-state index in [0.29, 0.717) is 18.8 Å². The van der Waals surface area contributed by atoms with Crippen LogP contribution in [0.1, 0.15) is 35.2 Å². The number of hydrogen-bond acceptors (Lipinski definition) is 4. The van der Waals surface area contributed by atoms with Gasteiger partial charge in [0.2, 0.25) is 5.91 Å². The number of anilines is 1. The number of likely N-dealkylation sites (tertiary alicyclic amines) is 1. The number of nitrogens with one attached hydrogen (secondary N) is 1. The molecule has 1 unspecified atom stereocenters. The van der Waals surface area contributed by atoms with Gasteiger partial charge in [-0.25, -0.2) is 4.39 Å². The molecule has 3 aliphatic rings. The summed E-state index contributed by atoms with van der Waals surface area (Å²) in [5, 5.41) is 3.03. The summed E-state index contributed by atoms with van der Waals surface area (Å²) in [6.07, 6.45) is 3.09. The number of Topliss-reactive ketones (excluding diaryl/α,β-unsaturated/α-hetero) is 1. The van der Waals surface area contributed by atoms with Crippen LogP contribution in [0.5, 0.6) is 0 Å². The van der Waals surface area contributed by atoms with Crippen molar-refractivity contribution in [3.05, 3.63) is 65.5 Å². The summed E-state index contributed by atoms with van der Waals surface area (Å²) < 4.78 is 13.6. The molecule has 1 N–H and O–H groups in total. The van der Waals surface area contributed by atoms with Crippen molar-refractivity contribution in [3.8, 4) is 0 Å². The normalized spacial score (nSPS) is 23.5. The fourth-order valence-electron chi connectivity index (χ4n) is 5.30. The molecule has 5 rings (SSSR count). The van der Waals surface area contributed by atoms with Gasteiger partial charge in [0.25, 0.3) is 0 Å². The first-order chi connectivity index (χ1) is 14.6. The number of piperidine rings is 1. The third-order valence-corrected chi connectivity index (χ3v) is 7.04. The highest BCUT2D eigenvalue weighted by molar-refractivity contribution is 6.00. The van der Waals surface area contributed by atoms with Gasteiger partial charge < -0.3 is 15.1 Å². The van der Waals surface area contributed by atoms with Gasteiger partial charge in [-0.2, -0.15) is 0 Å². The predicted octanol–water partition coefficient (Wildman–Crippen LogP) is 3.00. The summed E-state index contributed by atoms with van der Waals surface area (Å²) in [6, 6.07) is 14.6. The standard InChI is InChI=1S/C24H26FN3O2/c25-19-9-8-17-6-7-18(22(29)21(17)14-19)15-27-12-10-24(11-13-27)23(30)26-16-28(24)20-4-2-1-3-5-20/h1-5,8-9,14,18H,6-7,10-13,15-16H2,(H,26,30). The van der Waals surface area contributed by atoms with Crippen molar-refractivity contribution >= 4 is 17.4 Å². The van der Waals surface area contributed by atoms with Crippen molar-refractivity contribution < 1.29 is 14.0 Å². The smallest absolute Gasteiger partial charge is 0.247 e. The van der Waals surface area contributed by atoms with Gasteiger partial charge in [0.1, 0.15) is 11.4 Å². The molecule has 2 aromatic carbocycles. The minimum atomic E-state index is -0.510. The largest absolute Gasteiger partial charge is 0.339 e. The highest BCUT2D eigenvalue weighted by atomic mass is 19.1. The Labute approximate surface area is 175 Å². The summed E-state index contributed by atoms with van der Waals surface area (Å²) in [5.74, 6) is -0.295. The molecule has 1 aliphatic carbocycles. The highest BCUT2D eigenvalue weighted by Crippen LogP contribution is 2.37. The number of fused-ring (bicyclic) bond motifs is 1. The Morgan fingerprint density at radius 1 is 1.07 bits per heavy atom. The highest BCUT2D eigenvalue weighted by Gasteiger charge is 2.50. The Bertz CT molecular complexity index is 970. The van der Waals surface area contributed by atoms with Crippen molar-refractivity contribution in [2.45, 2.75) is 31.2 Å². The lowest BCUT2D eigenvalue weighted by atomic mass is 9.81. The van der Waals surface area contributed by atoms with Gasteiger partial charge in [-0.1, -0.05) is 24.3 Å². The molecular weight excluding hydrogens is 381 g/mol. The maximum Gasteiger partial charge on any atom is 0.247 e. The Balaban J connectivity index is 1.27. The van der Waals surface area contributed by atoms with E-state index in [-0.39, 0.29) is 23.4 Å². The molecule has 2 fully saturated rings. The van der Waals surface area contributed by atoms with Gasteiger partial charge in [0.05, 0.1) is 6.67 Å². The quantitative estimate of drug-likeness (QED) is 0.850. The average Bonchev–Trinajstić information content (AvgIpc) is 3.08. The molecule has 6 heteroatoms. The lowest BCUT2D eigenvalue weighted by molar-refractivity contribution is -0.125. The number of para-hydroxylation sites is 1. The van der Waals surface area contributed by atoms with E-state index in [4.69, 9.17) is 0 Å². The van der Waals surface area contributed by atoms with Crippen molar-refractivity contribution in [1.29, 1.82) is 0 Å². The number of benzene rings is 2. The van der Waals surface area contributed by atoms with Gasteiger partial charge in [-0.15, -0.1) is 0 Å². The number of halogens is 1. The second-order valence-electron chi connectivity index (χ2n) is 8.66. The van der Waals surface area contributed by atoms with Gasteiger partial charge in [0.15, 0.2) is 5.78 Å². The van der Waals surface area contributed by atoms with Crippen LogP contribution in [-0.4, -0.2) is 48.4 Å². The van der Waals surface area contributed by atoms with Gasteiger partial charge >= 0.3 is 0 Å². The summed E-state index contributed by atoms with van der Waals surface area (Å²) >= 11 is 0. The minimum Gasteiger partial charge on any atom is -0.339 e. The van der Waals surface area contributed by atoms with E-state index in [1.807, 2.05) is 30.3 Å². The monoisotopic (exact) mass is 407 g/mol. The van der Waals surface area contributed by atoms with Gasteiger partial charge in [-0.05, 0) is 55.5 Å². The van der Waals surface area contributed by atoms with E-state index in [0.717, 1.165) is 50.0 Å². The van der Waals surface area contributed by atoms with Crippen LogP contribution in [-0.2, 0) is 11.2 Å². The number of nitrogens with zero attached hydrogens (tertiary/aromatic N) is 2. The second-order valence-corrected chi connectivity index (χ2v) is 8.66. The van der Waals surface area contributed by atoms with E-state index < -0.39 is 5.54 Å². The number of carbonyl (C=O) groups excluding carboxylic acids is 2. The molecule has 2 aliphatic heterocycles. The van der Waals surface area contributed by atoms with E-state index in [2.05, 4.69) is 15.1 Å². The first-order valence-electron chi connectivity index (χ1n) is 10.7. The number of carbonyl (C=O) groups is 2. The number of amides is 1. The van der Waals surface area contributed by atoms with Crippen LogP contribution in [0, 0.1) is 11.7 Å². The molecule has 2 heterocycles. The van der Waals surface area contributed by atoms with Crippen molar-refractivity contribution in [1.82, 2.24) is 10.2 Å². The predicted molar refractivity (Wildman–Crippen MR) is 113 cm³/mol. The van der Waals surface area contributed by atoms with Crippen LogP contribution in [0.2, 0.25) is 0 Å². The summed E-state index contributed by atoms with van der Waals surface area (Å²) in [6.45, 7) is 2.76. The molecular formula is C24H26FN3O2. The topological polar surface area (TPSA) is 52.7 Å². The van der Waals surface area contributed by atoms with E-state index in [1.165, 1.54) is 12.1 Å². The van der Waals surface area contributed by atoms with Crippen LogP contribution in [0.4, 0.5) is 10.1 Å². The van der Waals surface area contributed by atoms with Crippen molar-refractivity contribution in [2.24, 2.45) is 5.92 Å². The molecule has 0 aromatic heterocycles. The molecule has 30 heavy (non-hydrogen) atoms. The Morgan fingerprint density at radius 3 is 2.60 bits per heavy atom. The summed E-state index contributed by atoms with van der Waals surface area (Å²) in [7, 11) is 0. The Kier molecular flexibility index (Phi) is 4.82. The van der Waals surface area contributed by atoms with Crippen LogP contribution in [0.15, 0.2) is 48.5 Å². The lowest BCUT2D eigenvalue weighted by Gasteiger charge is -2.44. The maximum atomic E-state index is 13.6. The summed E-state index contributed by atoms with van der Waals surface area (Å²) in [5.41, 5.74) is 2.05. The molecule has 0 bridgehead atoms. The van der Waals surface area contributed by atoms with E-state index in [9.17, 15) is 14.0 Å². The molecule has 0 radical (unpaired) electrons. The molecule has 0 saturated carbocycles. The SMILES string of the molecule is O=C1c2cc(F)ccc2CCC1CN1CCC2(CC1)C(=O)NCN2c1ccccc1. The number of ketones is 1. The lowest BCUT2D eigenvalue weighted by Crippen LogP contribution is -2.57. The van der Waals surface area contributed by atoms with Crippen LogP contribution in [0.3, 0.4) is 0 Å². The molecule has 1 amide bonds. The van der Waals surface area contributed by atoms with Crippen molar-refractivity contribution in [3.63, 3.8) is 0 Å². The zero-order chi connectivity index (χ0) is 20.7. The van der Waals surface area contributed by atoms with E-state index in [1.54, 1.807) is 6.07 Å². The molecule has 2 aromatic rings. The molecule has 156 valence electrons. The van der Waals surface area contributed by atoms with Crippen LogP contribution >= 0.6 is 0 Å². The van der Waals surface area contributed by atoms with E-state index >= 15 is 0 Å². The van der Waals surface area contributed by atoms with Crippen LogP contribution < -0.4 is 10.2 Å². The number of hydrogen-bond donors (Lipinski definition) is 1. The first-order valence-corrected chi connectivity index (χ1v) is 10.7. The average molecular weight is 407 g/mol. The first kappa shape index (κ1) is 19.2.